The number of alkyl carbamates (subject to hydrolysis) is 1. The molecule has 0 saturated heterocycles. The molecular weight excluding hydrogens is 640 g/mol. The minimum Gasteiger partial charge on any atom is -0.462 e. The van der Waals surface area contributed by atoms with Crippen LogP contribution < -0.4 is 16.8 Å². The summed E-state index contributed by atoms with van der Waals surface area (Å²) in [4.78, 5) is 54.8. The average molecular weight is 713 g/mol. The smallest absolute Gasteiger partial charge is 0.408 e. The van der Waals surface area contributed by atoms with Crippen LogP contribution in [0.1, 0.15) is 176 Å². The maximum absolute atomic E-state index is 13.1. The second-order valence-corrected chi connectivity index (χ2v) is 14.2. The normalized spacial score (nSPS) is 12.4. The van der Waals surface area contributed by atoms with E-state index in [0.29, 0.717) is 12.8 Å². The molecule has 0 fully saturated rings. The summed E-state index contributed by atoms with van der Waals surface area (Å²) in [6, 6.07) is -1.06. The summed E-state index contributed by atoms with van der Waals surface area (Å²) in [6.07, 6.45) is 19.5. The van der Waals surface area contributed by atoms with Crippen LogP contribution in [0, 0.1) is 0 Å². The predicted molar refractivity (Wildman–Crippen MR) is 199 cm³/mol. The van der Waals surface area contributed by atoms with Crippen LogP contribution in [0.5, 0.6) is 0 Å². The summed E-state index contributed by atoms with van der Waals surface area (Å²) in [5, 5.41) is 2.55. The highest BCUT2D eigenvalue weighted by atomic mass is 16.6. The molecule has 50 heavy (non-hydrogen) atoms. The highest BCUT2D eigenvalue weighted by Gasteiger charge is 2.27. The molecule has 292 valence electrons. The van der Waals surface area contributed by atoms with Crippen LogP contribution in [0.2, 0.25) is 0 Å². The van der Waals surface area contributed by atoms with Crippen LogP contribution >= 0.6 is 0 Å². The first-order valence-corrected chi connectivity index (χ1v) is 19.4. The molecule has 0 aromatic heterocycles. The van der Waals surface area contributed by atoms with E-state index in [9.17, 15) is 19.2 Å². The Morgan fingerprint density at radius 3 is 1.58 bits per heavy atom. The maximum Gasteiger partial charge on any atom is 0.408 e. The van der Waals surface area contributed by atoms with Gasteiger partial charge < -0.3 is 35.7 Å². The number of amides is 1. The van der Waals surface area contributed by atoms with Gasteiger partial charge >= 0.3 is 24.0 Å². The maximum atomic E-state index is 13.1. The van der Waals surface area contributed by atoms with E-state index in [2.05, 4.69) is 24.2 Å². The number of hydrogen-bond acceptors (Lipinski definition) is 9. The Bertz CT molecular complexity index is 934. The standard InChI is InChI=1S/C38H72N4O8/c1-6-8-10-12-14-16-18-20-22-26-33(43)47-29-31(49-34(44)27-23-21-19-17-15-13-11-9-7-2)30-48-35(45)32(25-24-28-41-36(39)40)42-37(46)50-38(3,4)5/h31-32H,6-30H2,1-5H3,(H,42,46)(H4,39,40,41)/t31?,32-/m0/s1. The number of rotatable bonds is 31. The van der Waals surface area contributed by atoms with E-state index in [1.807, 2.05) is 0 Å². The molecule has 0 spiro atoms. The van der Waals surface area contributed by atoms with Gasteiger partial charge in [0.1, 0.15) is 24.9 Å². The Balaban J connectivity index is 5.09. The summed E-state index contributed by atoms with van der Waals surface area (Å²) in [6.45, 7) is 9.22. The number of nitrogens with two attached hydrogens (primary N) is 2. The summed E-state index contributed by atoms with van der Waals surface area (Å²) in [5.41, 5.74) is 10.0. The molecule has 1 unspecified atom stereocenters. The van der Waals surface area contributed by atoms with Gasteiger partial charge in [0.05, 0.1) is 0 Å². The quantitative estimate of drug-likeness (QED) is 0.0211. The Kier molecular flexibility index (Phi) is 28.9. The van der Waals surface area contributed by atoms with Gasteiger partial charge in [-0.1, -0.05) is 117 Å². The van der Waals surface area contributed by atoms with Gasteiger partial charge in [-0.05, 0) is 46.5 Å². The number of nitrogens with zero attached hydrogens (tertiary/aromatic N) is 1. The fourth-order valence-corrected chi connectivity index (χ4v) is 5.26. The molecule has 0 aromatic rings. The molecule has 2 atom stereocenters. The van der Waals surface area contributed by atoms with E-state index >= 15 is 0 Å². The monoisotopic (exact) mass is 713 g/mol. The summed E-state index contributed by atoms with van der Waals surface area (Å²) < 4.78 is 21.9. The van der Waals surface area contributed by atoms with Gasteiger partial charge in [-0.2, -0.15) is 0 Å². The first-order valence-electron chi connectivity index (χ1n) is 19.4. The van der Waals surface area contributed by atoms with Gasteiger partial charge in [-0.25, -0.2) is 9.59 Å². The summed E-state index contributed by atoms with van der Waals surface area (Å²) in [7, 11) is 0. The number of carbonyl (C=O) groups excluding carboxylic acids is 4. The molecule has 0 heterocycles. The van der Waals surface area contributed by atoms with Gasteiger partial charge in [0, 0.05) is 19.4 Å². The summed E-state index contributed by atoms with van der Waals surface area (Å²) >= 11 is 0. The number of carbonyl (C=O) groups is 4. The van der Waals surface area contributed by atoms with Crippen LogP contribution in [0.25, 0.3) is 0 Å². The molecule has 0 rings (SSSR count). The lowest BCUT2D eigenvalue weighted by atomic mass is 10.1. The molecule has 0 bridgehead atoms. The Hall–Kier alpha value is -3.05. The SMILES string of the molecule is CCCCCCCCCCCC(=O)OCC(COC(=O)[C@H](CCCN=C(N)N)NC(=O)OC(C)(C)C)OC(=O)CCCCCCCCCCC. The second-order valence-electron chi connectivity index (χ2n) is 14.2. The average Bonchev–Trinajstić information content (AvgIpc) is 3.04. The van der Waals surface area contributed by atoms with E-state index in [-0.39, 0.29) is 50.9 Å². The molecule has 12 heteroatoms. The van der Waals surface area contributed by atoms with Gasteiger partial charge in [0.25, 0.3) is 0 Å². The zero-order chi connectivity index (χ0) is 37.5. The van der Waals surface area contributed by atoms with Gasteiger partial charge in [0.15, 0.2) is 12.1 Å². The topological polar surface area (TPSA) is 182 Å². The number of esters is 3. The lowest BCUT2D eigenvalue weighted by Gasteiger charge is -2.24. The van der Waals surface area contributed by atoms with Crippen molar-refractivity contribution in [3.63, 3.8) is 0 Å². The number of nitrogens with one attached hydrogen (secondary N) is 1. The van der Waals surface area contributed by atoms with Crippen molar-refractivity contribution in [2.75, 3.05) is 19.8 Å². The number of aliphatic imine (C=N–C) groups is 1. The molecule has 0 aromatic carbocycles. The molecule has 5 N–H and O–H groups in total. The summed E-state index contributed by atoms with van der Waals surface area (Å²) in [5.74, 6) is -1.65. The van der Waals surface area contributed by atoms with Crippen LogP contribution in [-0.2, 0) is 33.3 Å². The van der Waals surface area contributed by atoms with Crippen molar-refractivity contribution in [3.8, 4) is 0 Å². The van der Waals surface area contributed by atoms with Crippen LogP contribution in [0.4, 0.5) is 4.79 Å². The van der Waals surface area contributed by atoms with E-state index in [1.54, 1.807) is 20.8 Å². The molecular formula is C38H72N4O8. The van der Waals surface area contributed by atoms with Crippen molar-refractivity contribution in [2.24, 2.45) is 16.5 Å². The van der Waals surface area contributed by atoms with E-state index in [4.69, 9.17) is 30.4 Å². The largest absolute Gasteiger partial charge is 0.462 e. The molecule has 0 saturated carbocycles. The second kappa shape index (κ2) is 30.7. The van der Waals surface area contributed by atoms with Crippen molar-refractivity contribution < 1.29 is 38.1 Å². The molecule has 0 radical (unpaired) electrons. The van der Waals surface area contributed by atoms with E-state index in [0.717, 1.165) is 38.5 Å². The third kappa shape index (κ3) is 31.0. The van der Waals surface area contributed by atoms with Crippen molar-refractivity contribution in [3.05, 3.63) is 0 Å². The predicted octanol–water partition coefficient (Wildman–Crippen LogP) is 7.77. The molecule has 0 aliphatic carbocycles. The Labute approximate surface area is 302 Å². The Morgan fingerprint density at radius 2 is 1.10 bits per heavy atom. The fraction of sp³-hybridized carbons (Fsp3) is 0.868. The Morgan fingerprint density at radius 1 is 0.640 bits per heavy atom. The first-order chi connectivity index (χ1) is 23.9. The van der Waals surface area contributed by atoms with Crippen LogP contribution in [0.15, 0.2) is 4.99 Å². The molecule has 0 aliphatic heterocycles. The number of unbranched alkanes of at least 4 members (excludes halogenated alkanes) is 16. The number of hydrogen-bond donors (Lipinski definition) is 3. The minimum absolute atomic E-state index is 0.0800. The van der Waals surface area contributed by atoms with Crippen molar-refractivity contribution in [1.82, 2.24) is 5.32 Å². The van der Waals surface area contributed by atoms with Crippen LogP contribution in [0.3, 0.4) is 0 Å². The van der Waals surface area contributed by atoms with E-state index < -0.39 is 35.8 Å². The van der Waals surface area contributed by atoms with E-state index in [1.165, 1.54) is 70.6 Å². The van der Waals surface area contributed by atoms with Crippen molar-refractivity contribution >= 4 is 30.0 Å². The zero-order valence-electron chi connectivity index (χ0n) is 32.2. The fourth-order valence-electron chi connectivity index (χ4n) is 5.26. The van der Waals surface area contributed by atoms with Gasteiger partial charge in [-0.15, -0.1) is 0 Å². The highest BCUT2D eigenvalue weighted by Crippen LogP contribution is 2.14. The number of guanidine groups is 1. The number of ether oxygens (including phenoxy) is 4. The third-order valence-electron chi connectivity index (χ3n) is 8.03. The first kappa shape index (κ1) is 47.0. The van der Waals surface area contributed by atoms with Crippen LogP contribution in [-0.4, -0.2) is 67.5 Å². The molecule has 12 nitrogen and oxygen atoms in total. The van der Waals surface area contributed by atoms with Gasteiger partial charge in [-0.3, -0.25) is 14.6 Å². The third-order valence-corrected chi connectivity index (χ3v) is 8.03. The lowest BCUT2D eigenvalue weighted by molar-refractivity contribution is -0.167. The zero-order valence-corrected chi connectivity index (χ0v) is 32.2. The minimum atomic E-state index is -1.06. The molecule has 0 aliphatic rings. The lowest BCUT2D eigenvalue weighted by Crippen LogP contribution is -2.45. The van der Waals surface area contributed by atoms with Gasteiger partial charge in [0.2, 0.25) is 0 Å². The molecule has 1 amide bonds. The van der Waals surface area contributed by atoms with Crippen molar-refractivity contribution in [1.29, 1.82) is 0 Å². The van der Waals surface area contributed by atoms with Crippen molar-refractivity contribution in [2.45, 2.75) is 194 Å². The highest BCUT2D eigenvalue weighted by molar-refractivity contribution is 5.81.